The van der Waals surface area contributed by atoms with Crippen molar-refractivity contribution in [2.75, 3.05) is 6.54 Å². The molecule has 2 fully saturated rings. The van der Waals surface area contributed by atoms with Crippen molar-refractivity contribution in [3.63, 3.8) is 0 Å². The quantitative estimate of drug-likeness (QED) is 0.686. The lowest BCUT2D eigenvalue weighted by Crippen LogP contribution is -2.55. The van der Waals surface area contributed by atoms with Crippen LogP contribution in [-0.2, 0) is 9.59 Å². The lowest BCUT2D eigenvalue weighted by molar-refractivity contribution is -0.142. The van der Waals surface area contributed by atoms with Crippen molar-refractivity contribution in [3.05, 3.63) is 24.3 Å². The highest BCUT2D eigenvalue weighted by Gasteiger charge is 2.57. The van der Waals surface area contributed by atoms with Crippen molar-refractivity contribution in [1.82, 2.24) is 5.32 Å². The van der Waals surface area contributed by atoms with Crippen molar-refractivity contribution >= 4 is 11.9 Å². The Morgan fingerprint density at radius 1 is 1.30 bits per heavy atom. The topological polar surface area (TPSA) is 66.4 Å². The van der Waals surface area contributed by atoms with E-state index in [2.05, 4.69) is 44.8 Å². The molecule has 3 aliphatic rings. The van der Waals surface area contributed by atoms with Crippen molar-refractivity contribution in [2.45, 2.75) is 72.1 Å². The number of hydrogen-bond donors (Lipinski definition) is 2. The molecule has 0 saturated heterocycles. The number of fused-ring (bicyclic) bond motifs is 3. The summed E-state index contributed by atoms with van der Waals surface area (Å²) in [7, 11) is 0. The Morgan fingerprint density at radius 3 is 2.70 bits per heavy atom. The van der Waals surface area contributed by atoms with Crippen LogP contribution in [0.25, 0.3) is 0 Å². The summed E-state index contributed by atoms with van der Waals surface area (Å²) >= 11 is 0. The molecule has 0 aromatic carbocycles. The van der Waals surface area contributed by atoms with Crippen LogP contribution in [0.15, 0.2) is 24.3 Å². The highest BCUT2D eigenvalue weighted by atomic mass is 16.4. The summed E-state index contributed by atoms with van der Waals surface area (Å²) in [6.45, 7) is 11.1. The molecule has 0 bridgehead atoms. The maximum atomic E-state index is 13.1. The standard InChI is InChI=1S/C23H35NO3/c1-5-21(2)13-9-17-16(15-21)7-8-18-22(17,3)11-6-12-23(18,4)20(27)24-14-10-19(25)26/h5,9,16,18H,1,6-8,10-15H2,2-4H3,(H,24,27)(H,25,26)/t16?,18?,21-,22-,23+/m1/s1. The van der Waals surface area contributed by atoms with Crippen molar-refractivity contribution < 1.29 is 14.7 Å². The van der Waals surface area contributed by atoms with Gasteiger partial charge in [0.1, 0.15) is 0 Å². The van der Waals surface area contributed by atoms with Crippen LogP contribution in [0.3, 0.4) is 0 Å². The largest absolute Gasteiger partial charge is 0.481 e. The van der Waals surface area contributed by atoms with E-state index < -0.39 is 11.4 Å². The summed E-state index contributed by atoms with van der Waals surface area (Å²) in [6, 6.07) is 0. The molecule has 4 nitrogen and oxygen atoms in total. The maximum Gasteiger partial charge on any atom is 0.305 e. The van der Waals surface area contributed by atoms with E-state index in [1.165, 1.54) is 6.42 Å². The number of carbonyl (C=O) groups excluding carboxylic acids is 1. The van der Waals surface area contributed by atoms with E-state index in [1.54, 1.807) is 5.57 Å². The molecule has 0 aromatic heterocycles. The van der Waals surface area contributed by atoms with E-state index in [4.69, 9.17) is 5.11 Å². The molecule has 2 unspecified atom stereocenters. The number of amides is 1. The molecule has 1 amide bonds. The van der Waals surface area contributed by atoms with Gasteiger partial charge in [-0.1, -0.05) is 44.9 Å². The van der Waals surface area contributed by atoms with Crippen molar-refractivity contribution in [2.24, 2.45) is 28.1 Å². The third-order valence-corrected chi connectivity index (χ3v) is 7.97. The molecule has 0 radical (unpaired) electrons. The zero-order valence-corrected chi connectivity index (χ0v) is 17.1. The maximum absolute atomic E-state index is 13.1. The Morgan fingerprint density at radius 2 is 2.04 bits per heavy atom. The van der Waals surface area contributed by atoms with E-state index in [0.717, 1.165) is 38.5 Å². The molecule has 0 aromatic rings. The average molecular weight is 374 g/mol. The number of carboxylic acids is 1. The van der Waals surface area contributed by atoms with Gasteiger partial charge in [0.15, 0.2) is 0 Å². The van der Waals surface area contributed by atoms with Gasteiger partial charge in [-0.05, 0) is 61.2 Å². The second-order valence-corrected chi connectivity index (χ2v) is 9.84. The number of carboxylic acid groups (broad SMARTS) is 1. The van der Waals surface area contributed by atoms with Crippen molar-refractivity contribution in [3.8, 4) is 0 Å². The van der Waals surface area contributed by atoms with Gasteiger partial charge in [0.2, 0.25) is 5.91 Å². The predicted molar refractivity (Wildman–Crippen MR) is 107 cm³/mol. The minimum atomic E-state index is -0.868. The summed E-state index contributed by atoms with van der Waals surface area (Å²) in [5.41, 5.74) is 1.46. The molecule has 5 atom stereocenters. The summed E-state index contributed by atoms with van der Waals surface area (Å²) in [5.74, 6) is 0.122. The van der Waals surface area contributed by atoms with Crippen LogP contribution in [-0.4, -0.2) is 23.5 Å². The Labute approximate surface area is 163 Å². The van der Waals surface area contributed by atoms with Crippen LogP contribution in [0.4, 0.5) is 0 Å². The average Bonchev–Trinajstić information content (AvgIpc) is 2.60. The van der Waals surface area contributed by atoms with E-state index in [1.807, 2.05) is 0 Å². The molecule has 3 aliphatic carbocycles. The van der Waals surface area contributed by atoms with Gasteiger partial charge >= 0.3 is 5.97 Å². The highest BCUT2D eigenvalue weighted by Crippen LogP contribution is 2.63. The lowest BCUT2D eigenvalue weighted by atomic mass is 9.46. The van der Waals surface area contributed by atoms with Crippen LogP contribution in [0, 0.1) is 28.1 Å². The summed E-state index contributed by atoms with van der Waals surface area (Å²) in [6.07, 6.45) is 12.1. The molecule has 0 aliphatic heterocycles. The minimum absolute atomic E-state index is 0.0167. The molecule has 0 heterocycles. The first-order valence-electron chi connectivity index (χ1n) is 10.5. The molecule has 150 valence electrons. The van der Waals surface area contributed by atoms with Crippen LogP contribution in [0.2, 0.25) is 0 Å². The number of allylic oxidation sites excluding steroid dienone is 3. The number of carbonyl (C=O) groups is 2. The van der Waals surface area contributed by atoms with Gasteiger partial charge in [-0.2, -0.15) is 0 Å². The summed E-state index contributed by atoms with van der Waals surface area (Å²) in [5, 5.41) is 11.8. The van der Waals surface area contributed by atoms with Gasteiger partial charge in [-0.15, -0.1) is 6.58 Å². The lowest BCUT2D eigenvalue weighted by Gasteiger charge is -2.58. The van der Waals surface area contributed by atoms with E-state index in [9.17, 15) is 9.59 Å². The molecule has 4 heteroatoms. The zero-order chi connectivity index (χ0) is 19.9. The van der Waals surface area contributed by atoms with E-state index >= 15 is 0 Å². The molecule has 2 N–H and O–H groups in total. The fourth-order valence-electron chi connectivity index (χ4n) is 6.37. The Balaban J connectivity index is 1.84. The van der Waals surface area contributed by atoms with E-state index in [0.29, 0.717) is 11.8 Å². The first-order valence-corrected chi connectivity index (χ1v) is 10.5. The van der Waals surface area contributed by atoms with Crippen molar-refractivity contribution in [1.29, 1.82) is 0 Å². The first-order chi connectivity index (χ1) is 12.6. The normalized spacial score (nSPS) is 40.9. The molecular formula is C23H35NO3. The second-order valence-electron chi connectivity index (χ2n) is 9.84. The van der Waals surface area contributed by atoms with Crippen LogP contribution < -0.4 is 5.32 Å². The van der Waals surface area contributed by atoms with E-state index in [-0.39, 0.29) is 29.7 Å². The fraction of sp³-hybridized carbons (Fsp3) is 0.739. The smallest absolute Gasteiger partial charge is 0.305 e. The molecule has 27 heavy (non-hydrogen) atoms. The number of nitrogens with one attached hydrogen (secondary N) is 1. The van der Waals surface area contributed by atoms with Gasteiger partial charge in [0, 0.05) is 12.0 Å². The van der Waals surface area contributed by atoms with Crippen LogP contribution >= 0.6 is 0 Å². The number of aliphatic carboxylic acids is 1. The molecule has 0 spiro atoms. The summed E-state index contributed by atoms with van der Waals surface area (Å²) < 4.78 is 0. The Hall–Kier alpha value is -1.58. The number of rotatable bonds is 5. The second kappa shape index (κ2) is 7.10. The van der Waals surface area contributed by atoms with Gasteiger partial charge in [-0.3, -0.25) is 9.59 Å². The molecule has 3 rings (SSSR count). The third kappa shape index (κ3) is 3.48. The zero-order valence-electron chi connectivity index (χ0n) is 17.1. The predicted octanol–water partition coefficient (Wildman–Crippen LogP) is 4.71. The highest BCUT2D eigenvalue weighted by molar-refractivity contribution is 5.83. The Bertz CT molecular complexity index is 669. The monoisotopic (exact) mass is 373 g/mol. The first kappa shape index (κ1) is 20.2. The fourth-order valence-corrected chi connectivity index (χ4v) is 6.37. The molecule has 2 saturated carbocycles. The van der Waals surface area contributed by atoms with Gasteiger partial charge < -0.3 is 10.4 Å². The Kier molecular flexibility index (Phi) is 5.31. The van der Waals surface area contributed by atoms with Gasteiger partial charge in [-0.25, -0.2) is 0 Å². The molecular weight excluding hydrogens is 338 g/mol. The van der Waals surface area contributed by atoms with Gasteiger partial charge in [0.05, 0.1) is 6.42 Å². The SMILES string of the molecule is C=C[C@]1(C)CC=C2C(CCC3[C@@](C)(C(=O)NCCC(=O)O)CCC[C@]23C)C1. The van der Waals surface area contributed by atoms with Gasteiger partial charge in [0.25, 0.3) is 0 Å². The minimum Gasteiger partial charge on any atom is -0.481 e. The summed E-state index contributed by atoms with van der Waals surface area (Å²) in [4.78, 5) is 23.9. The third-order valence-electron chi connectivity index (χ3n) is 7.97. The number of hydrogen-bond acceptors (Lipinski definition) is 2. The van der Waals surface area contributed by atoms with Crippen LogP contribution in [0.1, 0.15) is 72.1 Å². The van der Waals surface area contributed by atoms with Crippen LogP contribution in [0.5, 0.6) is 0 Å².